The topological polar surface area (TPSA) is 127 Å². The fraction of sp³-hybridized carbons (Fsp3) is 0.652. The molecule has 6 N–H and O–H groups in total. The first-order valence-electron chi connectivity index (χ1n) is 10.7. The van der Waals surface area contributed by atoms with Gasteiger partial charge in [-0.05, 0) is 49.3 Å². The van der Waals surface area contributed by atoms with E-state index in [-0.39, 0.29) is 16.5 Å². The highest BCUT2D eigenvalue weighted by atomic mass is 16.4. The van der Waals surface area contributed by atoms with E-state index in [4.69, 9.17) is 21.7 Å². The Morgan fingerprint density at radius 3 is 1.97 bits per heavy atom. The second kappa shape index (κ2) is 9.72. The van der Waals surface area contributed by atoms with Crippen LogP contribution in [0.5, 0.6) is 0 Å². The minimum absolute atomic E-state index is 0.0186. The summed E-state index contributed by atoms with van der Waals surface area (Å²) in [4.78, 5) is 20.8. The van der Waals surface area contributed by atoms with Crippen LogP contribution in [0.3, 0.4) is 0 Å². The number of hydrogen-bond donors (Lipinski definition) is 4. The lowest BCUT2D eigenvalue weighted by molar-refractivity contribution is -0.0145. The van der Waals surface area contributed by atoms with Gasteiger partial charge in [-0.15, -0.1) is 0 Å². The van der Waals surface area contributed by atoms with E-state index >= 15 is 0 Å². The highest BCUT2D eigenvalue weighted by Crippen LogP contribution is 2.50. The molecule has 0 saturated heterocycles. The summed E-state index contributed by atoms with van der Waals surface area (Å²) in [6.45, 7) is 4.71. The molecule has 1 aromatic carbocycles. The number of nitrogens with two attached hydrogens (primary N) is 2. The number of aromatic carboxylic acids is 2. The van der Waals surface area contributed by atoms with Crippen LogP contribution in [-0.2, 0) is 0 Å². The molecule has 3 rings (SSSR count). The average Bonchev–Trinajstić information content (AvgIpc) is 2.71. The molecule has 2 aliphatic rings. The van der Waals surface area contributed by atoms with Crippen molar-refractivity contribution in [2.45, 2.75) is 77.3 Å². The molecular weight excluding hydrogens is 368 g/mol. The smallest absolute Gasteiger partial charge is 0.335 e. The molecular formula is C23H36N2O4. The quantitative estimate of drug-likeness (QED) is 0.548. The Morgan fingerprint density at radius 1 is 0.966 bits per heavy atom. The minimum atomic E-state index is -1.13. The van der Waals surface area contributed by atoms with Crippen LogP contribution in [-0.4, -0.2) is 27.8 Å². The predicted molar refractivity (Wildman–Crippen MR) is 114 cm³/mol. The van der Waals surface area contributed by atoms with Crippen molar-refractivity contribution in [1.29, 1.82) is 0 Å². The van der Waals surface area contributed by atoms with Gasteiger partial charge in [-0.2, -0.15) is 0 Å². The standard InChI is InChI=1S/C15H30N2.C8H6O4/c1-12-8-6-7-11-14(12,2)15(16,17)13-9-4-3-5-10-13;9-7(10)5-2-1-3-6(4-5)8(11)12/h12-13H,3-11,16-17H2,1-2H3;1-4H,(H,9,10)(H,11,12). The van der Waals surface area contributed by atoms with Crippen molar-refractivity contribution in [3.63, 3.8) is 0 Å². The van der Waals surface area contributed by atoms with E-state index < -0.39 is 17.6 Å². The van der Waals surface area contributed by atoms with Gasteiger partial charge in [0.2, 0.25) is 0 Å². The summed E-state index contributed by atoms with van der Waals surface area (Å²) in [5.41, 5.74) is 13.0. The van der Waals surface area contributed by atoms with Gasteiger partial charge in [-0.3, -0.25) is 0 Å². The Balaban J connectivity index is 0.000000221. The van der Waals surface area contributed by atoms with Crippen molar-refractivity contribution in [3.8, 4) is 0 Å². The molecule has 6 nitrogen and oxygen atoms in total. The van der Waals surface area contributed by atoms with Gasteiger partial charge in [0.1, 0.15) is 0 Å². The van der Waals surface area contributed by atoms with Crippen LogP contribution < -0.4 is 11.5 Å². The summed E-state index contributed by atoms with van der Waals surface area (Å²) in [7, 11) is 0. The lowest BCUT2D eigenvalue weighted by Gasteiger charge is -2.54. The Morgan fingerprint density at radius 2 is 1.48 bits per heavy atom. The van der Waals surface area contributed by atoms with E-state index in [9.17, 15) is 9.59 Å². The molecule has 0 aliphatic heterocycles. The summed E-state index contributed by atoms with van der Waals surface area (Å²) in [6.07, 6.45) is 11.7. The zero-order valence-electron chi connectivity index (χ0n) is 17.7. The number of carboxylic acid groups (broad SMARTS) is 2. The fourth-order valence-corrected chi connectivity index (χ4v) is 4.98. The first kappa shape index (κ1) is 23.4. The lowest BCUT2D eigenvalue weighted by atomic mass is 9.57. The summed E-state index contributed by atoms with van der Waals surface area (Å²) >= 11 is 0. The van der Waals surface area contributed by atoms with Crippen molar-refractivity contribution in [2.75, 3.05) is 0 Å². The van der Waals surface area contributed by atoms with E-state index in [0.29, 0.717) is 11.8 Å². The van der Waals surface area contributed by atoms with E-state index in [1.54, 1.807) is 0 Å². The minimum Gasteiger partial charge on any atom is -0.478 e. The van der Waals surface area contributed by atoms with Gasteiger partial charge in [0, 0.05) is 5.41 Å². The lowest BCUT2D eigenvalue weighted by Crippen LogP contribution is -2.68. The van der Waals surface area contributed by atoms with E-state index in [1.165, 1.54) is 76.0 Å². The van der Waals surface area contributed by atoms with Crippen molar-refractivity contribution in [2.24, 2.45) is 28.7 Å². The van der Waals surface area contributed by atoms with E-state index in [2.05, 4.69) is 13.8 Å². The van der Waals surface area contributed by atoms with Gasteiger partial charge in [0.05, 0.1) is 16.8 Å². The third-order valence-corrected chi connectivity index (χ3v) is 7.30. The second-order valence-electron chi connectivity index (χ2n) is 9.02. The van der Waals surface area contributed by atoms with Gasteiger partial charge in [-0.1, -0.05) is 58.4 Å². The van der Waals surface area contributed by atoms with Crippen LogP contribution in [0, 0.1) is 17.3 Å². The van der Waals surface area contributed by atoms with Gasteiger partial charge in [-0.25, -0.2) is 9.59 Å². The molecule has 2 aliphatic carbocycles. The molecule has 0 amide bonds. The summed E-state index contributed by atoms with van der Waals surface area (Å²) in [5, 5.41) is 17.0. The zero-order chi connectivity index (χ0) is 21.7. The van der Waals surface area contributed by atoms with E-state index in [1.807, 2.05) is 0 Å². The molecule has 2 unspecified atom stereocenters. The Kier molecular flexibility index (Phi) is 7.83. The third-order valence-electron chi connectivity index (χ3n) is 7.30. The highest BCUT2D eigenvalue weighted by Gasteiger charge is 2.50. The molecule has 2 saturated carbocycles. The molecule has 0 bridgehead atoms. The van der Waals surface area contributed by atoms with Crippen molar-refractivity contribution in [1.82, 2.24) is 0 Å². The Bertz CT molecular complexity index is 683. The molecule has 2 fully saturated rings. The van der Waals surface area contributed by atoms with Crippen LogP contribution in [0.15, 0.2) is 24.3 Å². The van der Waals surface area contributed by atoms with Crippen molar-refractivity contribution >= 4 is 11.9 Å². The molecule has 0 spiro atoms. The Labute approximate surface area is 173 Å². The number of benzene rings is 1. The summed E-state index contributed by atoms with van der Waals surface area (Å²) < 4.78 is 0. The van der Waals surface area contributed by atoms with Crippen LogP contribution >= 0.6 is 0 Å². The number of carboxylic acids is 2. The molecule has 1 aromatic rings. The average molecular weight is 405 g/mol. The maximum atomic E-state index is 10.4. The maximum absolute atomic E-state index is 10.4. The Hall–Kier alpha value is -1.92. The number of carbonyl (C=O) groups is 2. The number of rotatable bonds is 4. The van der Waals surface area contributed by atoms with Crippen LogP contribution in [0.2, 0.25) is 0 Å². The summed E-state index contributed by atoms with van der Waals surface area (Å²) in [6, 6.07) is 5.20. The van der Waals surface area contributed by atoms with Crippen molar-refractivity contribution in [3.05, 3.63) is 35.4 Å². The monoisotopic (exact) mass is 404 g/mol. The molecule has 162 valence electrons. The van der Waals surface area contributed by atoms with Gasteiger partial charge < -0.3 is 21.7 Å². The largest absolute Gasteiger partial charge is 0.478 e. The summed E-state index contributed by atoms with van der Waals surface area (Å²) in [5.74, 6) is -1.04. The van der Waals surface area contributed by atoms with Gasteiger partial charge >= 0.3 is 11.9 Å². The zero-order valence-corrected chi connectivity index (χ0v) is 17.7. The first-order valence-corrected chi connectivity index (χ1v) is 10.7. The predicted octanol–water partition coefficient (Wildman–Crippen LogP) is 4.48. The molecule has 29 heavy (non-hydrogen) atoms. The van der Waals surface area contributed by atoms with Gasteiger partial charge in [0.25, 0.3) is 0 Å². The fourth-order valence-electron chi connectivity index (χ4n) is 4.98. The third kappa shape index (κ3) is 5.37. The first-order chi connectivity index (χ1) is 13.6. The second-order valence-corrected chi connectivity index (χ2v) is 9.02. The highest BCUT2D eigenvalue weighted by molar-refractivity contribution is 5.93. The molecule has 2 atom stereocenters. The van der Waals surface area contributed by atoms with Crippen molar-refractivity contribution < 1.29 is 19.8 Å². The van der Waals surface area contributed by atoms with Crippen LogP contribution in [0.4, 0.5) is 0 Å². The van der Waals surface area contributed by atoms with Crippen LogP contribution in [0.1, 0.15) is 92.4 Å². The maximum Gasteiger partial charge on any atom is 0.335 e. The molecule has 0 heterocycles. The molecule has 6 heteroatoms. The van der Waals surface area contributed by atoms with Gasteiger partial charge in [0.15, 0.2) is 0 Å². The normalized spacial score (nSPS) is 25.6. The molecule has 0 aromatic heterocycles. The molecule has 0 radical (unpaired) electrons. The van der Waals surface area contributed by atoms with Crippen LogP contribution in [0.25, 0.3) is 0 Å². The number of hydrogen-bond acceptors (Lipinski definition) is 4. The van der Waals surface area contributed by atoms with E-state index in [0.717, 1.165) is 6.07 Å². The SMILES string of the molecule is CC1CCCCC1(C)C(N)(N)C1CCCCC1.O=C(O)c1cccc(C(=O)O)c1.